The topological polar surface area (TPSA) is 35.5 Å². The van der Waals surface area contributed by atoms with Crippen LogP contribution in [0.1, 0.15) is 25.8 Å². The lowest BCUT2D eigenvalue weighted by molar-refractivity contribution is -0.162. The third-order valence-electron chi connectivity index (χ3n) is 3.95. The van der Waals surface area contributed by atoms with E-state index in [2.05, 4.69) is 18.2 Å². The Bertz CT molecular complexity index is 620. The second-order valence-electron chi connectivity index (χ2n) is 5.12. The molecule has 20 heavy (non-hydrogen) atoms. The minimum Gasteiger partial charge on any atom is -0.475 e. The van der Waals surface area contributed by atoms with Crippen LogP contribution in [0.5, 0.6) is 5.75 Å². The largest absolute Gasteiger partial charge is 0.475 e. The van der Waals surface area contributed by atoms with Crippen LogP contribution in [-0.2, 0) is 16.0 Å². The van der Waals surface area contributed by atoms with E-state index < -0.39 is 5.60 Å². The molecule has 3 nitrogen and oxygen atoms in total. The summed E-state index contributed by atoms with van der Waals surface area (Å²) in [6, 6.07) is 12.1. The molecule has 0 N–H and O–H groups in total. The van der Waals surface area contributed by atoms with Crippen LogP contribution in [0.25, 0.3) is 10.8 Å². The minimum atomic E-state index is -0.890. The molecule has 0 aromatic heterocycles. The molecular weight excluding hydrogens is 252 g/mol. The van der Waals surface area contributed by atoms with Crippen molar-refractivity contribution in [1.29, 1.82) is 0 Å². The second-order valence-corrected chi connectivity index (χ2v) is 5.12. The fraction of sp³-hybridized carbons (Fsp3) is 0.353. The molecule has 3 rings (SSSR count). The van der Waals surface area contributed by atoms with Crippen molar-refractivity contribution in [3.63, 3.8) is 0 Å². The Morgan fingerprint density at radius 3 is 2.70 bits per heavy atom. The van der Waals surface area contributed by atoms with E-state index in [9.17, 15) is 4.79 Å². The third-order valence-corrected chi connectivity index (χ3v) is 3.95. The molecule has 0 aliphatic carbocycles. The third kappa shape index (κ3) is 1.85. The van der Waals surface area contributed by atoms with Crippen LogP contribution >= 0.6 is 0 Å². The van der Waals surface area contributed by atoms with Crippen LogP contribution in [-0.4, -0.2) is 18.2 Å². The Kier molecular flexibility index (Phi) is 3.13. The maximum Gasteiger partial charge on any atom is 0.350 e. The molecule has 1 unspecified atom stereocenters. The second kappa shape index (κ2) is 4.82. The van der Waals surface area contributed by atoms with E-state index >= 15 is 0 Å². The van der Waals surface area contributed by atoms with Crippen LogP contribution in [0.15, 0.2) is 36.4 Å². The van der Waals surface area contributed by atoms with Gasteiger partial charge in [0.2, 0.25) is 5.60 Å². The SMILES string of the molecule is CCOC(=O)C1(CC)Cc2cccc3cccc(c23)O1. The van der Waals surface area contributed by atoms with Gasteiger partial charge in [-0.05, 0) is 30.4 Å². The Balaban J connectivity index is 2.12. The van der Waals surface area contributed by atoms with E-state index in [0.717, 1.165) is 22.1 Å². The molecule has 0 amide bonds. The van der Waals surface area contributed by atoms with Crippen molar-refractivity contribution in [2.45, 2.75) is 32.3 Å². The van der Waals surface area contributed by atoms with Gasteiger partial charge >= 0.3 is 5.97 Å². The van der Waals surface area contributed by atoms with Crippen molar-refractivity contribution >= 4 is 16.7 Å². The molecular formula is C17H18O3. The fourth-order valence-corrected chi connectivity index (χ4v) is 2.89. The first-order valence-electron chi connectivity index (χ1n) is 7.07. The van der Waals surface area contributed by atoms with Gasteiger partial charge in [-0.1, -0.05) is 37.3 Å². The molecule has 2 aromatic rings. The summed E-state index contributed by atoms with van der Waals surface area (Å²) in [5.41, 5.74) is 0.262. The van der Waals surface area contributed by atoms with E-state index in [0.29, 0.717) is 19.4 Å². The van der Waals surface area contributed by atoms with Gasteiger partial charge in [-0.15, -0.1) is 0 Å². The number of carbonyl (C=O) groups is 1. The van der Waals surface area contributed by atoms with Gasteiger partial charge < -0.3 is 9.47 Å². The summed E-state index contributed by atoms with van der Waals surface area (Å²) >= 11 is 0. The van der Waals surface area contributed by atoms with Crippen molar-refractivity contribution in [1.82, 2.24) is 0 Å². The Morgan fingerprint density at radius 2 is 2.00 bits per heavy atom. The van der Waals surface area contributed by atoms with Gasteiger partial charge in [0, 0.05) is 11.8 Å². The molecule has 1 aliphatic rings. The van der Waals surface area contributed by atoms with E-state index in [1.165, 1.54) is 0 Å². The number of hydrogen-bond acceptors (Lipinski definition) is 3. The van der Waals surface area contributed by atoms with Crippen molar-refractivity contribution < 1.29 is 14.3 Å². The minimum absolute atomic E-state index is 0.269. The molecule has 0 radical (unpaired) electrons. The number of carbonyl (C=O) groups excluding carboxylic acids is 1. The lowest BCUT2D eigenvalue weighted by atomic mass is 9.86. The normalized spacial score (nSPS) is 20.5. The van der Waals surface area contributed by atoms with E-state index in [-0.39, 0.29) is 5.97 Å². The highest BCUT2D eigenvalue weighted by molar-refractivity contribution is 5.94. The zero-order chi connectivity index (χ0) is 14.2. The molecule has 1 aliphatic heterocycles. The smallest absolute Gasteiger partial charge is 0.350 e. The summed E-state index contributed by atoms with van der Waals surface area (Å²) < 4.78 is 11.3. The van der Waals surface area contributed by atoms with Crippen molar-refractivity contribution in [3.05, 3.63) is 42.0 Å². The van der Waals surface area contributed by atoms with Gasteiger partial charge in [-0.2, -0.15) is 0 Å². The molecule has 1 heterocycles. The lowest BCUT2D eigenvalue weighted by Gasteiger charge is -2.35. The maximum absolute atomic E-state index is 12.3. The molecule has 0 bridgehead atoms. The van der Waals surface area contributed by atoms with Gasteiger partial charge in [-0.3, -0.25) is 0 Å². The Hall–Kier alpha value is -2.03. The van der Waals surface area contributed by atoms with Crippen molar-refractivity contribution in [3.8, 4) is 5.75 Å². The number of benzene rings is 2. The average Bonchev–Trinajstić information content (AvgIpc) is 2.47. The molecule has 104 valence electrons. The van der Waals surface area contributed by atoms with Crippen LogP contribution < -0.4 is 4.74 Å². The highest BCUT2D eigenvalue weighted by Gasteiger charge is 2.44. The molecule has 0 saturated carbocycles. The van der Waals surface area contributed by atoms with Gasteiger partial charge in [-0.25, -0.2) is 4.79 Å². The molecule has 1 atom stereocenters. The van der Waals surface area contributed by atoms with Gasteiger partial charge in [0.05, 0.1) is 6.61 Å². The van der Waals surface area contributed by atoms with Crippen LogP contribution in [0.4, 0.5) is 0 Å². The molecule has 2 aromatic carbocycles. The van der Waals surface area contributed by atoms with E-state index in [4.69, 9.17) is 9.47 Å². The van der Waals surface area contributed by atoms with Gasteiger partial charge in [0.25, 0.3) is 0 Å². The first kappa shape index (κ1) is 13.0. The highest BCUT2D eigenvalue weighted by atomic mass is 16.6. The van der Waals surface area contributed by atoms with Crippen molar-refractivity contribution in [2.24, 2.45) is 0 Å². The number of hydrogen-bond donors (Lipinski definition) is 0. The monoisotopic (exact) mass is 270 g/mol. The molecule has 0 saturated heterocycles. The lowest BCUT2D eigenvalue weighted by Crippen LogP contribution is -2.48. The van der Waals surface area contributed by atoms with Crippen LogP contribution in [0, 0.1) is 0 Å². The Morgan fingerprint density at radius 1 is 1.25 bits per heavy atom. The van der Waals surface area contributed by atoms with Crippen LogP contribution in [0.3, 0.4) is 0 Å². The van der Waals surface area contributed by atoms with E-state index in [1.54, 1.807) is 0 Å². The first-order chi connectivity index (χ1) is 9.70. The zero-order valence-corrected chi connectivity index (χ0v) is 11.8. The van der Waals surface area contributed by atoms with Gasteiger partial charge in [0.15, 0.2) is 0 Å². The quantitative estimate of drug-likeness (QED) is 0.801. The maximum atomic E-state index is 12.3. The summed E-state index contributed by atoms with van der Waals surface area (Å²) in [5.74, 6) is 0.508. The predicted octanol–water partition coefficient (Wildman–Crippen LogP) is 3.49. The van der Waals surface area contributed by atoms with Crippen molar-refractivity contribution in [2.75, 3.05) is 6.61 Å². The van der Waals surface area contributed by atoms with Crippen LogP contribution in [0.2, 0.25) is 0 Å². The number of ether oxygens (including phenoxy) is 2. The summed E-state index contributed by atoms with van der Waals surface area (Å²) in [5, 5.41) is 2.26. The number of esters is 1. The average molecular weight is 270 g/mol. The zero-order valence-electron chi connectivity index (χ0n) is 11.8. The first-order valence-corrected chi connectivity index (χ1v) is 7.07. The van der Waals surface area contributed by atoms with Gasteiger partial charge in [0.1, 0.15) is 5.75 Å². The Labute approximate surface area is 118 Å². The summed E-state index contributed by atoms with van der Waals surface area (Å²) in [6.45, 7) is 4.15. The summed E-state index contributed by atoms with van der Waals surface area (Å²) in [6.07, 6.45) is 1.16. The molecule has 0 spiro atoms. The highest BCUT2D eigenvalue weighted by Crippen LogP contribution is 2.40. The fourth-order valence-electron chi connectivity index (χ4n) is 2.89. The standard InChI is InChI=1S/C17H18O3/c1-3-17(16(18)19-4-2)11-13-9-5-7-12-8-6-10-14(20-17)15(12)13/h5-10H,3-4,11H2,1-2H3. The summed E-state index contributed by atoms with van der Waals surface area (Å²) in [7, 11) is 0. The predicted molar refractivity (Wildman–Crippen MR) is 77.9 cm³/mol. The number of rotatable bonds is 3. The summed E-state index contributed by atoms with van der Waals surface area (Å²) in [4.78, 5) is 12.3. The molecule has 3 heteroatoms. The molecule has 0 fully saturated rings. The van der Waals surface area contributed by atoms with E-state index in [1.807, 2.05) is 32.0 Å².